The molecular formula is C14H22O. The summed E-state index contributed by atoms with van der Waals surface area (Å²) in [5.74, 6) is 0. The van der Waals surface area contributed by atoms with E-state index in [1.807, 2.05) is 18.2 Å². The van der Waals surface area contributed by atoms with Gasteiger partial charge in [0.05, 0.1) is 6.10 Å². The van der Waals surface area contributed by atoms with Crippen molar-refractivity contribution in [2.24, 2.45) is 5.41 Å². The van der Waals surface area contributed by atoms with Gasteiger partial charge in [-0.3, -0.25) is 0 Å². The second-order valence-corrected chi connectivity index (χ2v) is 4.88. The lowest BCUT2D eigenvalue weighted by atomic mass is 9.81. The van der Waals surface area contributed by atoms with Crippen molar-refractivity contribution in [2.45, 2.75) is 46.1 Å². The molecule has 0 saturated heterocycles. The van der Waals surface area contributed by atoms with Crippen LogP contribution in [0.1, 0.15) is 39.2 Å². The largest absolute Gasteiger partial charge is 0.393 e. The SMILES string of the molecule is CCC(C)(C)C(O)CCc1ccccc1. The Hall–Kier alpha value is -0.820. The second kappa shape index (κ2) is 5.32. The van der Waals surface area contributed by atoms with Gasteiger partial charge in [-0.1, -0.05) is 51.1 Å². The highest BCUT2D eigenvalue weighted by Crippen LogP contribution is 2.27. The molecule has 0 aromatic heterocycles. The lowest BCUT2D eigenvalue weighted by Crippen LogP contribution is -2.28. The first-order valence-electron chi connectivity index (χ1n) is 5.78. The fourth-order valence-electron chi connectivity index (χ4n) is 1.57. The van der Waals surface area contributed by atoms with Gasteiger partial charge in [0.1, 0.15) is 0 Å². The predicted molar refractivity (Wildman–Crippen MR) is 64.8 cm³/mol. The standard InChI is InChI=1S/C14H22O/c1-4-14(2,3)13(15)11-10-12-8-6-5-7-9-12/h5-9,13,15H,4,10-11H2,1-3H3. The van der Waals surface area contributed by atoms with Gasteiger partial charge in [-0.2, -0.15) is 0 Å². The molecule has 15 heavy (non-hydrogen) atoms. The molecule has 0 heterocycles. The third-order valence-electron chi connectivity index (χ3n) is 3.36. The molecule has 1 N–H and O–H groups in total. The van der Waals surface area contributed by atoms with Crippen molar-refractivity contribution in [1.82, 2.24) is 0 Å². The van der Waals surface area contributed by atoms with Crippen LogP contribution in [0.2, 0.25) is 0 Å². The predicted octanol–water partition coefficient (Wildman–Crippen LogP) is 3.42. The summed E-state index contributed by atoms with van der Waals surface area (Å²) >= 11 is 0. The van der Waals surface area contributed by atoms with E-state index in [2.05, 4.69) is 32.9 Å². The summed E-state index contributed by atoms with van der Waals surface area (Å²) < 4.78 is 0. The van der Waals surface area contributed by atoms with E-state index >= 15 is 0 Å². The van der Waals surface area contributed by atoms with E-state index in [0.29, 0.717) is 0 Å². The molecule has 1 nitrogen and oxygen atoms in total. The van der Waals surface area contributed by atoms with E-state index in [4.69, 9.17) is 0 Å². The van der Waals surface area contributed by atoms with Crippen molar-refractivity contribution < 1.29 is 5.11 Å². The van der Waals surface area contributed by atoms with Crippen molar-refractivity contribution in [3.63, 3.8) is 0 Å². The van der Waals surface area contributed by atoms with Crippen molar-refractivity contribution >= 4 is 0 Å². The van der Waals surface area contributed by atoms with Crippen LogP contribution < -0.4 is 0 Å². The van der Waals surface area contributed by atoms with Crippen LogP contribution in [-0.4, -0.2) is 11.2 Å². The number of benzene rings is 1. The van der Waals surface area contributed by atoms with E-state index in [1.165, 1.54) is 5.56 Å². The van der Waals surface area contributed by atoms with Gasteiger partial charge in [0.15, 0.2) is 0 Å². The van der Waals surface area contributed by atoms with E-state index in [0.717, 1.165) is 19.3 Å². The summed E-state index contributed by atoms with van der Waals surface area (Å²) in [6.45, 7) is 6.39. The van der Waals surface area contributed by atoms with Crippen molar-refractivity contribution in [1.29, 1.82) is 0 Å². The molecule has 84 valence electrons. The normalized spacial score (nSPS) is 13.9. The Labute approximate surface area is 93.1 Å². The number of rotatable bonds is 5. The quantitative estimate of drug-likeness (QED) is 0.782. The number of aliphatic hydroxyl groups is 1. The smallest absolute Gasteiger partial charge is 0.0594 e. The Bertz CT molecular complexity index is 277. The van der Waals surface area contributed by atoms with Gasteiger partial charge in [-0.05, 0) is 30.2 Å². The zero-order chi connectivity index (χ0) is 11.3. The molecule has 1 atom stereocenters. The average Bonchev–Trinajstić information content (AvgIpc) is 2.27. The van der Waals surface area contributed by atoms with E-state index in [-0.39, 0.29) is 11.5 Å². The molecule has 0 aliphatic heterocycles. The van der Waals surface area contributed by atoms with Crippen LogP contribution in [0.4, 0.5) is 0 Å². The van der Waals surface area contributed by atoms with Crippen LogP contribution in [0.5, 0.6) is 0 Å². The molecule has 0 bridgehead atoms. The highest BCUT2D eigenvalue weighted by molar-refractivity contribution is 5.14. The molecule has 0 spiro atoms. The maximum absolute atomic E-state index is 10.0. The molecule has 0 fully saturated rings. The third-order valence-corrected chi connectivity index (χ3v) is 3.36. The first-order valence-corrected chi connectivity index (χ1v) is 5.78. The Morgan fingerprint density at radius 1 is 1.20 bits per heavy atom. The fourth-order valence-corrected chi connectivity index (χ4v) is 1.57. The van der Waals surface area contributed by atoms with Crippen LogP contribution in [-0.2, 0) is 6.42 Å². The lowest BCUT2D eigenvalue weighted by Gasteiger charge is -2.29. The maximum Gasteiger partial charge on any atom is 0.0594 e. The minimum absolute atomic E-state index is 0.0365. The average molecular weight is 206 g/mol. The number of hydrogen-bond donors (Lipinski definition) is 1. The summed E-state index contributed by atoms with van der Waals surface area (Å²) in [5, 5.41) is 10.0. The molecule has 0 radical (unpaired) electrons. The molecule has 0 amide bonds. The zero-order valence-electron chi connectivity index (χ0n) is 10.0. The van der Waals surface area contributed by atoms with Crippen molar-refractivity contribution in [3.05, 3.63) is 35.9 Å². The molecule has 1 unspecified atom stereocenters. The summed E-state index contributed by atoms with van der Waals surface area (Å²) in [6, 6.07) is 10.4. The van der Waals surface area contributed by atoms with Crippen molar-refractivity contribution in [2.75, 3.05) is 0 Å². The molecular weight excluding hydrogens is 184 g/mol. The lowest BCUT2D eigenvalue weighted by molar-refractivity contribution is 0.0408. The van der Waals surface area contributed by atoms with Gasteiger partial charge in [0.2, 0.25) is 0 Å². The van der Waals surface area contributed by atoms with Crippen molar-refractivity contribution in [3.8, 4) is 0 Å². The van der Waals surface area contributed by atoms with Crippen LogP contribution in [0.25, 0.3) is 0 Å². The highest BCUT2D eigenvalue weighted by atomic mass is 16.3. The van der Waals surface area contributed by atoms with E-state index < -0.39 is 0 Å². The molecule has 1 rings (SSSR count). The minimum Gasteiger partial charge on any atom is -0.393 e. The molecule has 0 aliphatic carbocycles. The summed E-state index contributed by atoms with van der Waals surface area (Å²) in [4.78, 5) is 0. The monoisotopic (exact) mass is 206 g/mol. The van der Waals surface area contributed by atoms with Gasteiger partial charge in [-0.15, -0.1) is 0 Å². The van der Waals surface area contributed by atoms with E-state index in [9.17, 15) is 5.11 Å². The topological polar surface area (TPSA) is 20.2 Å². The van der Waals surface area contributed by atoms with Gasteiger partial charge in [-0.25, -0.2) is 0 Å². The Morgan fingerprint density at radius 3 is 2.33 bits per heavy atom. The van der Waals surface area contributed by atoms with Gasteiger partial charge in [0, 0.05) is 0 Å². The zero-order valence-corrected chi connectivity index (χ0v) is 10.0. The third kappa shape index (κ3) is 3.67. The Kier molecular flexibility index (Phi) is 4.34. The van der Waals surface area contributed by atoms with Gasteiger partial charge >= 0.3 is 0 Å². The Balaban J connectivity index is 2.44. The number of hydrogen-bond acceptors (Lipinski definition) is 1. The van der Waals surface area contributed by atoms with Gasteiger partial charge in [0.25, 0.3) is 0 Å². The fraction of sp³-hybridized carbons (Fsp3) is 0.571. The molecule has 1 aromatic rings. The number of aryl methyl sites for hydroxylation is 1. The van der Waals surface area contributed by atoms with Gasteiger partial charge < -0.3 is 5.11 Å². The summed E-state index contributed by atoms with van der Waals surface area (Å²) in [5.41, 5.74) is 1.35. The Morgan fingerprint density at radius 2 is 1.80 bits per heavy atom. The summed E-state index contributed by atoms with van der Waals surface area (Å²) in [7, 11) is 0. The highest BCUT2D eigenvalue weighted by Gasteiger charge is 2.24. The molecule has 1 heteroatoms. The summed E-state index contributed by atoms with van der Waals surface area (Å²) in [6.07, 6.45) is 2.63. The maximum atomic E-state index is 10.0. The van der Waals surface area contributed by atoms with Crippen LogP contribution in [0.3, 0.4) is 0 Å². The molecule has 0 saturated carbocycles. The molecule has 1 aromatic carbocycles. The second-order valence-electron chi connectivity index (χ2n) is 4.88. The number of aliphatic hydroxyl groups excluding tert-OH is 1. The van der Waals surface area contributed by atoms with Crippen LogP contribution >= 0.6 is 0 Å². The van der Waals surface area contributed by atoms with Crippen LogP contribution in [0.15, 0.2) is 30.3 Å². The van der Waals surface area contributed by atoms with Crippen LogP contribution in [0, 0.1) is 5.41 Å². The minimum atomic E-state index is -0.206. The first-order chi connectivity index (χ1) is 7.06. The van der Waals surface area contributed by atoms with E-state index in [1.54, 1.807) is 0 Å². The molecule has 0 aliphatic rings. The first kappa shape index (κ1) is 12.3.